The highest BCUT2D eigenvalue weighted by atomic mass is 32.2. The lowest BCUT2D eigenvalue weighted by Crippen LogP contribution is -2.39. The number of carbonyl (C=O) groups is 1. The van der Waals surface area contributed by atoms with Gasteiger partial charge in [-0.25, -0.2) is 8.42 Å². The molecule has 0 aromatic carbocycles. The van der Waals surface area contributed by atoms with Gasteiger partial charge in [0.05, 0.1) is 16.9 Å². The van der Waals surface area contributed by atoms with E-state index in [1.54, 1.807) is 11.9 Å². The molecule has 5 heteroatoms. The van der Waals surface area contributed by atoms with Gasteiger partial charge in [-0.15, -0.1) is 0 Å². The second-order valence-corrected chi connectivity index (χ2v) is 6.90. The first-order valence-electron chi connectivity index (χ1n) is 5.49. The Morgan fingerprint density at radius 3 is 2.67 bits per heavy atom. The Morgan fingerprint density at radius 2 is 1.93 bits per heavy atom. The highest BCUT2D eigenvalue weighted by Gasteiger charge is 2.42. The summed E-state index contributed by atoms with van der Waals surface area (Å²) in [5, 5.41) is -0.399. The van der Waals surface area contributed by atoms with E-state index in [2.05, 4.69) is 0 Å². The summed E-state index contributed by atoms with van der Waals surface area (Å²) in [6.07, 6.45) is 3.34. The molecule has 0 aromatic heterocycles. The zero-order valence-corrected chi connectivity index (χ0v) is 9.79. The quantitative estimate of drug-likeness (QED) is 0.607. The summed E-state index contributed by atoms with van der Waals surface area (Å²) >= 11 is 0. The highest BCUT2D eigenvalue weighted by molar-refractivity contribution is 7.92. The molecule has 2 rings (SSSR count). The van der Waals surface area contributed by atoms with E-state index in [1.807, 2.05) is 0 Å². The van der Waals surface area contributed by atoms with Crippen LogP contribution in [-0.2, 0) is 14.6 Å². The van der Waals surface area contributed by atoms with Crippen molar-refractivity contribution in [1.29, 1.82) is 0 Å². The molecule has 2 atom stereocenters. The monoisotopic (exact) mass is 231 g/mol. The number of amides is 1. The molecular formula is C10H17NO3S. The number of nitrogens with zero attached hydrogens (tertiary/aromatic N) is 1. The molecule has 0 spiro atoms. The smallest absolute Gasteiger partial charge is 0.226 e. The van der Waals surface area contributed by atoms with E-state index in [0.29, 0.717) is 13.0 Å². The van der Waals surface area contributed by atoms with Crippen molar-refractivity contribution in [3.8, 4) is 0 Å². The summed E-state index contributed by atoms with van der Waals surface area (Å²) in [6, 6.07) is 0. The van der Waals surface area contributed by atoms with E-state index < -0.39 is 15.1 Å². The maximum Gasteiger partial charge on any atom is 0.226 e. The average Bonchev–Trinajstić information content (AvgIpc) is 2.31. The van der Waals surface area contributed by atoms with E-state index in [-0.39, 0.29) is 17.6 Å². The molecule has 4 nitrogen and oxygen atoms in total. The van der Waals surface area contributed by atoms with Crippen molar-refractivity contribution in [3.05, 3.63) is 0 Å². The zero-order chi connectivity index (χ0) is 11.1. The number of sulfone groups is 1. The van der Waals surface area contributed by atoms with Crippen LogP contribution in [0, 0.1) is 5.92 Å². The molecule has 0 N–H and O–H groups in total. The van der Waals surface area contributed by atoms with Gasteiger partial charge in [-0.3, -0.25) is 4.79 Å². The molecule has 1 saturated heterocycles. The average molecular weight is 231 g/mol. The van der Waals surface area contributed by atoms with Gasteiger partial charge in [0.15, 0.2) is 9.84 Å². The van der Waals surface area contributed by atoms with Gasteiger partial charge in [0.1, 0.15) is 0 Å². The molecule has 1 saturated carbocycles. The van der Waals surface area contributed by atoms with Crippen LogP contribution in [0.25, 0.3) is 0 Å². The predicted octanol–water partition coefficient (Wildman–Crippen LogP) is 0.432. The molecular weight excluding hydrogens is 214 g/mol. The number of rotatable bonds is 0. The van der Waals surface area contributed by atoms with Gasteiger partial charge in [-0.1, -0.05) is 12.8 Å². The first kappa shape index (κ1) is 10.9. The van der Waals surface area contributed by atoms with Gasteiger partial charge in [-0.2, -0.15) is 0 Å². The Hall–Kier alpha value is -0.580. The van der Waals surface area contributed by atoms with Crippen LogP contribution < -0.4 is 0 Å². The van der Waals surface area contributed by atoms with Crippen molar-refractivity contribution in [1.82, 2.24) is 4.90 Å². The van der Waals surface area contributed by atoms with Crippen LogP contribution in [0.3, 0.4) is 0 Å². The summed E-state index contributed by atoms with van der Waals surface area (Å²) in [4.78, 5) is 13.5. The Kier molecular flexibility index (Phi) is 2.75. The van der Waals surface area contributed by atoms with Crippen molar-refractivity contribution < 1.29 is 13.2 Å². The van der Waals surface area contributed by atoms with Crippen molar-refractivity contribution >= 4 is 15.7 Å². The fourth-order valence-corrected chi connectivity index (χ4v) is 4.73. The molecule has 2 fully saturated rings. The van der Waals surface area contributed by atoms with Gasteiger partial charge in [0.2, 0.25) is 5.91 Å². The standard InChI is InChI=1S/C10H17NO3S/c1-11-6-7-15(13,14)9-5-3-2-4-8(9)10(11)12/h8-9H,2-7H2,1H3. The molecule has 0 aromatic rings. The fourth-order valence-electron chi connectivity index (χ4n) is 2.62. The first-order chi connectivity index (χ1) is 7.02. The van der Waals surface area contributed by atoms with E-state index in [9.17, 15) is 13.2 Å². The number of fused-ring (bicyclic) bond motifs is 1. The van der Waals surface area contributed by atoms with Gasteiger partial charge in [-0.05, 0) is 12.8 Å². The molecule has 2 aliphatic rings. The lowest BCUT2D eigenvalue weighted by Gasteiger charge is -2.28. The van der Waals surface area contributed by atoms with Crippen LogP contribution in [0.4, 0.5) is 0 Å². The minimum absolute atomic E-state index is 0.0285. The Labute approximate surface area is 90.6 Å². The molecule has 1 aliphatic carbocycles. The van der Waals surface area contributed by atoms with Crippen LogP contribution in [-0.4, -0.2) is 43.8 Å². The van der Waals surface area contributed by atoms with Crippen LogP contribution >= 0.6 is 0 Å². The number of carbonyl (C=O) groups excluding carboxylic acids is 1. The Morgan fingerprint density at radius 1 is 1.27 bits per heavy atom. The predicted molar refractivity (Wildman–Crippen MR) is 57.2 cm³/mol. The van der Waals surface area contributed by atoms with Crippen LogP contribution in [0.15, 0.2) is 0 Å². The minimum atomic E-state index is -3.05. The maximum atomic E-state index is 11.9. The van der Waals surface area contributed by atoms with E-state index in [1.165, 1.54) is 0 Å². The summed E-state index contributed by atoms with van der Waals surface area (Å²) in [7, 11) is -1.35. The van der Waals surface area contributed by atoms with Crippen molar-refractivity contribution in [2.45, 2.75) is 30.9 Å². The number of hydrogen-bond acceptors (Lipinski definition) is 3. The Balaban J connectivity index is 2.35. The summed E-state index contributed by atoms with van der Waals surface area (Å²) in [6.45, 7) is 0.355. The first-order valence-corrected chi connectivity index (χ1v) is 7.20. The molecule has 0 radical (unpaired) electrons. The third-order valence-corrected chi connectivity index (χ3v) is 5.81. The minimum Gasteiger partial charge on any atom is -0.344 e. The van der Waals surface area contributed by atoms with Gasteiger partial charge >= 0.3 is 0 Å². The third-order valence-electron chi connectivity index (χ3n) is 3.57. The fraction of sp³-hybridized carbons (Fsp3) is 0.900. The second-order valence-electron chi connectivity index (χ2n) is 4.56. The molecule has 1 aliphatic heterocycles. The molecule has 0 bridgehead atoms. The van der Waals surface area contributed by atoms with Crippen LogP contribution in [0.1, 0.15) is 25.7 Å². The largest absolute Gasteiger partial charge is 0.344 e. The molecule has 86 valence electrons. The topological polar surface area (TPSA) is 54.5 Å². The Bertz CT molecular complexity index is 363. The summed E-state index contributed by atoms with van der Waals surface area (Å²) < 4.78 is 23.9. The lowest BCUT2D eigenvalue weighted by atomic mass is 9.88. The van der Waals surface area contributed by atoms with Crippen LogP contribution in [0.5, 0.6) is 0 Å². The summed E-state index contributed by atoms with van der Waals surface area (Å²) in [5.74, 6) is -0.104. The molecule has 2 unspecified atom stereocenters. The van der Waals surface area contributed by atoms with Crippen molar-refractivity contribution in [2.75, 3.05) is 19.3 Å². The number of hydrogen-bond donors (Lipinski definition) is 0. The van der Waals surface area contributed by atoms with Gasteiger partial charge in [0.25, 0.3) is 0 Å². The maximum absolute atomic E-state index is 11.9. The molecule has 1 amide bonds. The lowest BCUT2D eigenvalue weighted by molar-refractivity contribution is -0.134. The summed E-state index contributed by atoms with van der Waals surface area (Å²) in [5.41, 5.74) is 0. The van der Waals surface area contributed by atoms with E-state index in [4.69, 9.17) is 0 Å². The SMILES string of the molecule is CN1CCS(=O)(=O)C2CCCCC2C1=O. The van der Waals surface area contributed by atoms with Crippen molar-refractivity contribution in [3.63, 3.8) is 0 Å². The highest BCUT2D eigenvalue weighted by Crippen LogP contribution is 2.33. The van der Waals surface area contributed by atoms with E-state index in [0.717, 1.165) is 19.3 Å². The molecule has 15 heavy (non-hydrogen) atoms. The normalized spacial score (nSPS) is 35.8. The van der Waals surface area contributed by atoms with Crippen LogP contribution in [0.2, 0.25) is 0 Å². The van der Waals surface area contributed by atoms with E-state index >= 15 is 0 Å². The second kappa shape index (κ2) is 3.77. The van der Waals surface area contributed by atoms with Gasteiger partial charge in [0, 0.05) is 13.6 Å². The van der Waals surface area contributed by atoms with Crippen molar-refractivity contribution in [2.24, 2.45) is 5.92 Å². The molecule has 1 heterocycles. The van der Waals surface area contributed by atoms with Gasteiger partial charge < -0.3 is 4.90 Å². The third kappa shape index (κ3) is 1.89. The zero-order valence-electron chi connectivity index (χ0n) is 8.98.